The molecule has 2 heteroatoms. The number of aliphatic hydroxyl groups is 1. The summed E-state index contributed by atoms with van der Waals surface area (Å²) in [6.45, 7) is 6.18. The lowest BCUT2D eigenvalue weighted by atomic mass is 10.5. The van der Waals surface area contributed by atoms with Gasteiger partial charge < -0.3 is 5.11 Å². The summed E-state index contributed by atoms with van der Waals surface area (Å²) in [4.78, 5) is 1.03. The molecule has 0 unspecified atom stereocenters. The number of aliphatic hydroxyl groups excluding tert-OH is 1. The van der Waals surface area contributed by atoms with Crippen molar-refractivity contribution in [2.24, 2.45) is 0 Å². The fourth-order valence-electron chi connectivity index (χ4n) is 0.403. The smallest absolute Gasteiger partial charge is 0.0774 e. The van der Waals surface area contributed by atoms with Crippen LogP contribution in [0.2, 0.25) is 0 Å². The lowest BCUT2D eigenvalue weighted by molar-refractivity contribution is 0.285. The highest BCUT2D eigenvalue weighted by Gasteiger charge is 1.83. The summed E-state index contributed by atoms with van der Waals surface area (Å²) in [6, 6.07) is 3.83. The van der Waals surface area contributed by atoms with E-state index >= 15 is 0 Å². The van der Waals surface area contributed by atoms with E-state index in [1.54, 1.807) is 11.3 Å². The Kier molecular flexibility index (Phi) is 5.17. The highest BCUT2D eigenvalue weighted by atomic mass is 32.1. The maximum Gasteiger partial charge on any atom is 0.0774 e. The van der Waals surface area contributed by atoms with Gasteiger partial charge in [-0.05, 0) is 11.4 Å². The van der Waals surface area contributed by atoms with E-state index in [1.165, 1.54) is 0 Å². The second-order valence-corrected chi connectivity index (χ2v) is 2.27. The lowest BCUT2D eigenvalue weighted by Crippen LogP contribution is -1.69. The monoisotopic (exact) mass is 142 g/mol. The van der Waals surface area contributed by atoms with Crippen LogP contribution in [0.5, 0.6) is 0 Å². The SMILES string of the molecule is C=C.OCc1cccs1. The van der Waals surface area contributed by atoms with Crippen LogP contribution < -0.4 is 0 Å². The van der Waals surface area contributed by atoms with E-state index in [0.29, 0.717) is 0 Å². The van der Waals surface area contributed by atoms with Gasteiger partial charge in [-0.2, -0.15) is 0 Å². The Labute approximate surface area is 59.3 Å². The highest BCUT2D eigenvalue weighted by Crippen LogP contribution is 2.06. The molecule has 0 amide bonds. The van der Waals surface area contributed by atoms with Gasteiger partial charge in [-0.25, -0.2) is 0 Å². The van der Waals surface area contributed by atoms with Crippen molar-refractivity contribution in [2.45, 2.75) is 6.61 Å². The largest absolute Gasteiger partial charge is 0.391 e. The number of hydrogen-bond donors (Lipinski definition) is 1. The van der Waals surface area contributed by atoms with Gasteiger partial charge >= 0.3 is 0 Å². The summed E-state index contributed by atoms with van der Waals surface area (Å²) < 4.78 is 0. The molecular weight excluding hydrogens is 132 g/mol. The molecular formula is C7H10OS. The maximum atomic E-state index is 8.44. The molecule has 0 aliphatic rings. The molecule has 0 saturated heterocycles. The van der Waals surface area contributed by atoms with Crippen molar-refractivity contribution in [1.82, 2.24) is 0 Å². The average Bonchev–Trinajstić information content (AvgIpc) is 2.43. The fourth-order valence-corrected chi connectivity index (χ4v) is 0.966. The van der Waals surface area contributed by atoms with E-state index in [-0.39, 0.29) is 6.61 Å². The average molecular weight is 142 g/mol. The van der Waals surface area contributed by atoms with Gasteiger partial charge in [-0.15, -0.1) is 24.5 Å². The molecule has 1 rings (SSSR count). The van der Waals surface area contributed by atoms with Crippen molar-refractivity contribution in [1.29, 1.82) is 0 Å². The Hall–Kier alpha value is -0.600. The van der Waals surface area contributed by atoms with Crippen LogP contribution in [0.15, 0.2) is 30.7 Å². The molecule has 0 aliphatic carbocycles. The molecule has 9 heavy (non-hydrogen) atoms. The molecule has 0 bridgehead atoms. The van der Waals surface area contributed by atoms with Crippen LogP contribution in [0.1, 0.15) is 4.88 Å². The van der Waals surface area contributed by atoms with Gasteiger partial charge in [0, 0.05) is 4.88 Å². The molecule has 0 spiro atoms. The summed E-state index contributed by atoms with van der Waals surface area (Å²) in [5.74, 6) is 0. The molecule has 0 radical (unpaired) electrons. The van der Waals surface area contributed by atoms with Gasteiger partial charge in [-0.3, -0.25) is 0 Å². The third kappa shape index (κ3) is 3.06. The summed E-state index contributed by atoms with van der Waals surface area (Å²) >= 11 is 1.57. The summed E-state index contributed by atoms with van der Waals surface area (Å²) in [5.41, 5.74) is 0. The Morgan fingerprint density at radius 2 is 2.22 bits per heavy atom. The number of hydrogen-bond acceptors (Lipinski definition) is 2. The van der Waals surface area contributed by atoms with Gasteiger partial charge in [0.05, 0.1) is 6.61 Å². The van der Waals surface area contributed by atoms with Crippen molar-refractivity contribution in [3.8, 4) is 0 Å². The van der Waals surface area contributed by atoms with Crippen LogP contribution in [0.25, 0.3) is 0 Å². The molecule has 0 saturated carbocycles. The summed E-state index contributed by atoms with van der Waals surface area (Å²) in [7, 11) is 0. The normalized spacial score (nSPS) is 7.67. The number of rotatable bonds is 1. The van der Waals surface area contributed by atoms with Crippen molar-refractivity contribution in [2.75, 3.05) is 0 Å². The molecule has 1 heterocycles. The van der Waals surface area contributed by atoms with Crippen LogP contribution in [0, 0.1) is 0 Å². The van der Waals surface area contributed by atoms with E-state index in [9.17, 15) is 0 Å². The predicted octanol–water partition coefficient (Wildman–Crippen LogP) is 2.04. The first-order chi connectivity index (χ1) is 4.43. The van der Waals surface area contributed by atoms with Gasteiger partial charge in [0.2, 0.25) is 0 Å². The zero-order valence-electron chi connectivity index (χ0n) is 5.21. The minimum atomic E-state index is 0.178. The Morgan fingerprint density at radius 1 is 1.56 bits per heavy atom. The Morgan fingerprint density at radius 3 is 2.44 bits per heavy atom. The standard InChI is InChI=1S/C5H6OS.C2H4/c6-4-5-2-1-3-7-5;1-2/h1-3,6H,4H2;1-2H2. The fraction of sp³-hybridized carbons (Fsp3) is 0.143. The van der Waals surface area contributed by atoms with Crippen molar-refractivity contribution in [3.05, 3.63) is 35.5 Å². The summed E-state index contributed by atoms with van der Waals surface area (Å²) in [5, 5.41) is 10.4. The van der Waals surface area contributed by atoms with Crippen LogP contribution in [0.3, 0.4) is 0 Å². The van der Waals surface area contributed by atoms with Crippen molar-refractivity contribution >= 4 is 11.3 Å². The second-order valence-electron chi connectivity index (χ2n) is 1.24. The molecule has 0 aliphatic heterocycles. The molecule has 0 aromatic carbocycles. The molecule has 1 aromatic heterocycles. The van der Waals surface area contributed by atoms with Crippen molar-refractivity contribution in [3.63, 3.8) is 0 Å². The molecule has 0 fully saturated rings. The molecule has 1 aromatic rings. The minimum absolute atomic E-state index is 0.178. The Balaban J connectivity index is 0.000000291. The molecule has 1 N–H and O–H groups in total. The first-order valence-electron chi connectivity index (χ1n) is 2.56. The van der Waals surface area contributed by atoms with Crippen LogP contribution >= 0.6 is 11.3 Å². The second kappa shape index (κ2) is 5.54. The first kappa shape index (κ1) is 8.40. The van der Waals surface area contributed by atoms with Crippen molar-refractivity contribution < 1.29 is 5.11 Å². The first-order valence-corrected chi connectivity index (χ1v) is 3.44. The highest BCUT2D eigenvalue weighted by molar-refractivity contribution is 7.09. The van der Waals surface area contributed by atoms with Gasteiger partial charge in [0.25, 0.3) is 0 Å². The summed E-state index contributed by atoms with van der Waals surface area (Å²) in [6.07, 6.45) is 0. The van der Waals surface area contributed by atoms with E-state index in [1.807, 2.05) is 17.5 Å². The topological polar surface area (TPSA) is 20.2 Å². The van der Waals surface area contributed by atoms with Crippen LogP contribution in [0.4, 0.5) is 0 Å². The van der Waals surface area contributed by atoms with E-state index < -0.39 is 0 Å². The molecule has 0 atom stereocenters. The van der Waals surface area contributed by atoms with Crippen LogP contribution in [-0.2, 0) is 6.61 Å². The van der Waals surface area contributed by atoms with Gasteiger partial charge in [0.1, 0.15) is 0 Å². The minimum Gasteiger partial charge on any atom is -0.391 e. The lowest BCUT2D eigenvalue weighted by Gasteiger charge is -1.78. The zero-order chi connectivity index (χ0) is 7.11. The third-order valence-electron chi connectivity index (χ3n) is 0.736. The zero-order valence-corrected chi connectivity index (χ0v) is 6.03. The van der Waals surface area contributed by atoms with Gasteiger partial charge in [-0.1, -0.05) is 6.07 Å². The van der Waals surface area contributed by atoms with Crippen LogP contribution in [-0.4, -0.2) is 5.11 Å². The molecule has 1 nitrogen and oxygen atoms in total. The maximum absolute atomic E-state index is 8.44. The van der Waals surface area contributed by atoms with E-state index in [0.717, 1.165) is 4.88 Å². The Bertz CT molecular complexity index is 135. The van der Waals surface area contributed by atoms with Gasteiger partial charge in [0.15, 0.2) is 0 Å². The predicted molar refractivity (Wildman–Crippen MR) is 41.5 cm³/mol. The quantitative estimate of drug-likeness (QED) is 0.595. The number of thiophene rings is 1. The molecule has 50 valence electrons. The third-order valence-corrected chi connectivity index (χ3v) is 1.60. The van der Waals surface area contributed by atoms with E-state index in [4.69, 9.17) is 5.11 Å². The van der Waals surface area contributed by atoms with E-state index in [2.05, 4.69) is 13.2 Å².